The lowest BCUT2D eigenvalue weighted by molar-refractivity contribution is 0.238. The van der Waals surface area contributed by atoms with Crippen LogP contribution in [-0.4, -0.2) is 12.6 Å². The van der Waals surface area contributed by atoms with E-state index < -0.39 is 0 Å². The number of hydrogen-bond donors (Lipinski definition) is 2. The first-order valence-electron chi connectivity index (χ1n) is 6.65. The van der Waals surface area contributed by atoms with Crippen molar-refractivity contribution in [3.8, 4) is 0 Å². The second-order valence-corrected chi connectivity index (χ2v) is 5.28. The number of carbonyl (C=O) groups excluding carboxylic acids is 1. The molecule has 1 atom stereocenters. The zero-order valence-corrected chi connectivity index (χ0v) is 11.6. The fourth-order valence-electron chi connectivity index (χ4n) is 2.17. The van der Waals surface area contributed by atoms with Gasteiger partial charge in [-0.05, 0) is 42.9 Å². The van der Waals surface area contributed by atoms with Crippen LogP contribution in [0.15, 0.2) is 36.4 Å². The summed E-state index contributed by atoms with van der Waals surface area (Å²) in [5, 5.41) is 6.45. The molecule has 1 aliphatic carbocycles. The molecule has 3 nitrogen and oxygen atoms in total. The van der Waals surface area contributed by atoms with Gasteiger partial charge in [-0.25, -0.2) is 4.79 Å². The maximum Gasteiger partial charge on any atom is 0.315 e. The zero-order chi connectivity index (χ0) is 13.5. The van der Waals surface area contributed by atoms with Crippen LogP contribution in [0.3, 0.4) is 0 Å². The highest BCUT2D eigenvalue weighted by atomic mass is 35.5. The van der Waals surface area contributed by atoms with Gasteiger partial charge in [-0.1, -0.05) is 35.9 Å². The van der Waals surface area contributed by atoms with Crippen LogP contribution >= 0.6 is 11.6 Å². The maximum absolute atomic E-state index is 11.7. The number of carbonyl (C=O) groups is 1. The van der Waals surface area contributed by atoms with Crippen molar-refractivity contribution in [2.24, 2.45) is 5.92 Å². The molecule has 1 aliphatic rings. The van der Waals surface area contributed by atoms with Gasteiger partial charge in [0.2, 0.25) is 0 Å². The van der Waals surface area contributed by atoms with E-state index in [1.165, 1.54) is 0 Å². The van der Waals surface area contributed by atoms with Gasteiger partial charge in [0, 0.05) is 18.1 Å². The normalized spacial score (nSPS) is 18.1. The summed E-state index contributed by atoms with van der Waals surface area (Å²) in [7, 11) is 0. The van der Waals surface area contributed by atoms with Gasteiger partial charge in [-0.15, -0.1) is 0 Å². The third-order valence-electron chi connectivity index (χ3n) is 3.27. The summed E-state index contributed by atoms with van der Waals surface area (Å²) in [5.74, 6) is 0.571. The van der Waals surface area contributed by atoms with E-state index in [1.807, 2.05) is 24.3 Å². The molecule has 2 rings (SSSR count). The number of benzene rings is 1. The Morgan fingerprint density at radius 3 is 2.95 bits per heavy atom. The van der Waals surface area contributed by atoms with E-state index in [4.69, 9.17) is 11.6 Å². The van der Waals surface area contributed by atoms with Gasteiger partial charge >= 0.3 is 6.03 Å². The number of rotatable bonds is 4. The maximum atomic E-state index is 11.7. The summed E-state index contributed by atoms with van der Waals surface area (Å²) in [5.41, 5.74) is 1.00. The van der Waals surface area contributed by atoms with Gasteiger partial charge in [-0.3, -0.25) is 0 Å². The van der Waals surface area contributed by atoms with E-state index in [9.17, 15) is 4.79 Å². The number of allylic oxidation sites excluding steroid dienone is 2. The van der Waals surface area contributed by atoms with Crippen molar-refractivity contribution in [2.45, 2.75) is 25.8 Å². The van der Waals surface area contributed by atoms with Crippen LogP contribution < -0.4 is 10.6 Å². The summed E-state index contributed by atoms with van der Waals surface area (Å²) < 4.78 is 0. The van der Waals surface area contributed by atoms with Crippen LogP contribution in [0.25, 0.3) is 0 Å². The standard InChI is InChI=1S/C15H19ClN2O/c16-14-8-4-7-13(9-14)11-18-15(19)17-10-12-5-2-1-3-6-12/h1-2,4,7-9,12H,3,5-6,10-11H2,(H2,17,18,19). The van der Waals surface area contributed by atoms with Gasteiger partial charge in [0.05, 0.1) is 0 Å². The van der Waals surface area contributed by atoms with Crippen molar-refractivity contribution in [2.75, 3.05) is 6.54 Å². The van der Waals surface area contributed by atoms with Crippen molar-refractivity contribution in [1.29, 1.82) is 0 Å². The van der Waals surface area contributed by atoms with E-state index in [-0.39, 0.29) is 6.03 Å². The van der Waals surface area contributed by atoms with Gasteiger partial charge in [0.15, 0.2) is 0 Å². The third kappa shape index (κ3) is 4.95. The Kier molecular flexibility index (Phi) is 5.28. The van der Waals surface area contributed by atoms with E-state index in [0.717, 1.165) is 31.4 Å². The molecule has 0 bridgehead atoms. The molecular formula is C15H19ClN2O. The molecule has 19 heavy (non-hydrogen) atoms. The van der Waals surface area contributed by atoms with Crippen LogP contribution in [0.4, 0.5) is 4.79 Å². The lowest BCUT2D eigenvalue weighted by Crippen LogP contribution is -2.38. The molecule has 1 aromatic rings. The van der Waals surface area contributed by atoms with Crippen molar-refractivity contribution in [1.82, 2.24) is 10.6 Å². The monoisotopic (exact) mass is 278 g/mol. The number of nitrogens with one attached hydrogen (secondary N) is 2. The molecule has 2 amide bonds. The summed E-state index contributed by atoms with van der Waals surface area (Å²) in [6.07, 6.45) is 7.74. The second kappa shape index (κ2) is 7.19. The van der Waals surface area contributed by atoms with Crippen LogP contribution in [-0.2, 0) is 6.54 Å². The molecule has 0 spiro atoms. The van der Waals surface area contributed by atoms with Crippen molar-refractivity contribution in [3.05, 3.63) is 47.0 Å². The first-order chi connectivity index (χ1) is 9.24. The van der Waals surface area contributed by atoms with E-state index in [2.05, 4.69) is 22.8 Å². The van der Waals surface area contributed by atoms with Gasteiger partial charge in [-0.2, -0.15) is 0 Å². The van der Waals surface area contributed by atoms with E-state index in [0.29, 0.717) is 17.5 Å². The molecule has 0 saturated heterocycles. The predicted octanol–water partition coefficient (Wildman–Crippen LogP) is 3.50. The third-order valence-corrected chi connectivity index (χ3v) is 3.51. The highest BCUT2D eigenvalue weighted by molar-refractivity contribution is 6.30. The average Bonchev–Trinajstić information content (AvgIpc) is 2.44. The average molecular weight is 279 g/mol. The fraction of sp³-hybridized carbons (Fsp3) is 0.400. The molecule has 0 radical (unpaired) electrons. The highest BCUT2D eigenvalue weighted by Gasteiger charge is 2.10. The van der Waals surface area contributed by atoms with Crippen molar-refractivity contribution < 1.29 is 4.79 Å². The largest absolute Gasteiger partial charge is 0.338 e. The lowest BCUT2D eigenvalue weighted by Gasteiger charge is -2.18. The number of halogens is 1. The molecule has 0 aliphatic heterocycles. The summed E-state index contributed by atoms with van der Waals surface area (Å²) in [6.45, 7) is 1.24. The van der Waals surface area contributed by atoms with Crippen LogP contribution in [0.2, 0.25) is 5.02 Å². The Morgan fingerprint density at radius 1 is 1.32 bits per heavy atom. The Bertz CT molecular complexity index is 459. The number of urea groups is 1. The number of hydrogen-bond acceptors (Lipinski definition) is 1. The first kappa shape index (κ1) is 13.9. The molecule has 0 fully saturated rings. The van der Waals surface area contributed by atoms with Crippen LogP contribution in [0.1, 0.15) is 24.8 Å². The molecule has 4 heteroatoms. The van der Waals surface area contributed by atoms with Crippen LogP contribution in [0, 0.1) is 5.92 Å². The minimum atomic E-state index is -0.116. The summed E-state index contributed by atoms with van der Waals surface area (Å²) in [6, 6.07) is 7.38. The van der Waals surface area contributed by atoms with Crippen LogP contribution in [0.5, 0.6) is 0 Å². The molecule has 1 unspecified atom stereocenters. The summed E-state index contributed by atoms with van der Waals surface area (Å²) >= 11 is 5.89. The molecule has 1 aromatic carbocycles. The quantitative estimate of drug-likeness (QED) is 0.813. The van der Waals surface area contributed by atoms with Gasteiger partial charge < -0.3 is 10.6 Å². The molecule has 0 saturated carbocycles. The highest BCUT2D eigenvalue weighted by Crippen LogP contribution is 2.16. The predicted molar refractivity (Wildman–Crippen MR) is 78.2 cm³/mol. The molecular weight excluding hydrogens is 260 g/mol. The molecule has 2 N–H and O–H groups in total. The molecule has 0 aromatic heterocycles. The topological polar surface area (TPSA) is 41.1 Å². The Morgan fingerprint density at radius 2 is 2.21 bits per heavy atom. The Labute approximate surface area is 119 Å². The number of amides is 2. The second-order valence-electron chi connectivity index (χ2n) is 4.84. The van der Waals surface area contributed by atoms with Crippen molar-refractivity contribution >= 4 is 17.6 Å². The van der Waals surface area contributed by atoms with Crippen molar-refractivity contribution in [3.63, 3.8) is 0 Å². The smallest absolute Gasteiger partial charge is 0.315 e. The minimum Gasteiger partial charge on any atom is -0.338 e. The van der Waals surface area contributed by atoms with Gasteiger partial charge in [0.1, 0.15) is 0 Å². The van der Waals surface area contributed by atoms with E-state index in [1.54, 1.807) is 0 Å². The summed E-state index contributed by atoms with van der Waals surface area (Å²) in [4.78, 5) is 11.7. The Hall–Kier alpha value is -1.48. The SMILES string of the molecule is O=C(NCc1cccc(Cl)c1)NCC1CC=CCC1. The fourth-order valence-corrected chi connectivity index (χ4v) is 2.38. The zero-order valence-electron chi connectivity index (χ0n) is 10.9. The van der Waals surface area contributed by atoms with E-state index >= 15 is 0 Å². The molecule has 0 heterocycles. The molecule has 102 valence electrons. The first-order valence-corrected chi connectivity index (χ1v) is 7.03. The van der Waals surface area contributed by atoms with Gasteiger partial charge in [0.25, 0.3) is 0 Å². The minimum absolute atomic E-state index is 0.116. The lowest BCUT2D eigenvalue weighted by atomic mass is 9.94. The Balaban J connectivity index is 1.68.